The van der Waals surface area contributed by atoms with Gasteiger partial charge in [0.1, 0.15) is 5.75 Å². The zero-order valence-electron chi connectivity index (χ0n) is 12.6. The van der Waals surface area contributed by atoms with Crippen LogP contribution < -0.4 is 10.1 Å². The van der Waals surface area contributed by atoms with Crippen LogP contribution in [0.2, 0.25) is 0 Å². The van der Waals surface area contributed by atoms with Crippen LogP contribution in [-0.4, -0.2) is 12.5 Å². The number of nitrogens with one attached hydrogen (secondary N) is 1. The predicted octanol–water partition coefficient (Wildman–Crippen LogP) is 3.97. The number of hydrogen-bond donors (Lipinski definition) is 1. The van der Waals surface area contributed by atoms with Crippen LogP contribution in [0, 0.1) is 6.92 Å². The third kappa shape index (κ3) is 4.95. The molecular weight excluding hydrogens is 262 g/mol. The third-order valence-corrected chi connectivity index (χ3v) is 3.17. The van der Waals surface area contributed by atoms with Gasteiger partial charge in [-0.05, 0) is 43.2 Å². The maximum Gasteiger partial charge on any atom is 0.262 e. The van der Waals surface area contributed by atoms with Gasteiger partial charge in [0.15, 0.2) is 6.61 Å². The fourth-order valence-electron chi connectivity index (χ4n) is 2.02. The van der Waals surface area contributed by atoms with Crippen molar-refractivity contribution in [2.75, 3.05) is 11.9 Å². The highest BCUT2D eigenvalue weighted by atomic mass is 16.5. The second-order valence-corrected chi connectivity index (χ2v) is 5.10. The zero-order valence-corrected chi connectivity index (χ0v) is 12.6. The van der Waals surface area contributed by atoms with Gasteiger partial charge in [0.05, 0.1) is 0 Å². The minimum absolute atomic E-state index is 0.0137. The number of anilines is 1. The van der Waals surface area contributed by atoms with Crippen LogP contribution >= 0.6 is 0 Å². The Labute approximate surface area is 126 Å². The molecule has 0 spiro atoms. The van der Waals surface area contributed by atoms with E-state index in [0.717, 1.165) is 18.5 Å². The summed E-state index contributed by atoms with van der Waals surface area (Å²) >= 11 is 0. The second-order valence-electron chi connectivity index (χ2n) is 5.10. The van der Waals surface area contributed by atoms with E-state index in [4.69, 9.17) is 4.74 Å². The summed E-state index contributed by atoms with van der Waals surface area (Å²) in [6.45, 7) is 4.18. The lowest BCUT2D eigenvalue weighted by molar-refractivity contribution is -0.118. The summed E-state index contributed by atoms with van der Waals surface area (Å²) in [5.41, 5.74) is 3.25. The lowest BCUT2D eigenvalue weighted by atomic mass is 10.1. The Kier molecular flexibility index (Phi) is 5.38. The number of hydrogen-bond acceptors (Lipinski definition) is 2. The molecule has 1 N–H and O–H groups in total. The summed E-state index contributed by atoms with van der Waals surface area (Å²) < 4.78 is 5.45. The zero-order chi connectivity index (χ0) is 15.1. The van der Waals surface area contributed by atoms with Gasteiger partial charge in [0, 0.05) is 5.69 Å². The number of benzene rings is 2. The molecule has 0 saturated heterocycles. The van der Waals surface area contributed by atoms with Crippen molar-refractivity contribution in [2.45, 2.75) is 26.7 Å². The van der Waals surface area contributed by atoms with Gasteiger partial charge >= 0.3 is 0 Å². The van der Waals surface area contributed by atoms with E-state index < -0.39 is 0 Å². The molecule has 0 unspecified atom stereocenters. The Morgan fingerprint density at radius 1 is 1.05 bits per heavy atom. The van der Waals surface area contributed by atoms with Gasteiger partial charge in [-0.1, -0.05) is 43.2 Å². The highest BCUT2D eigenvalue weighted by Crippen LogP contribution is 2.13. The molecule has 0 saturated carbocycles. The van der Waals surface area contributed by atoms with E-state index >= 15 is 0 Å². The second kappa shape index (κ2) is 7.48. The number of aryl methyl sites for hydroxylation is 2. The summed E-state index contributed by atoms with van der Waals surface area (Å²) in [5.74, 6) is 0.549. The standard InChI is InChI=1S/C18H21NO2/c1-3-4-15-7-9-16(10-8-15)19-18(20)13-21-17-11-5-14(2)6-12-17/h5-12H,3-4,13H2,1-2H3,(H,19,20). The molecule has 0 heterocycles. The summed E-state index contributed by atoms with van der Waals surface area (Å²) in [7, 11) is 0. The molecule has 2 rings (SSSR count). The lowest BCUT2D eigenvalue weighted by Gasteiger charge is -2.08. The first-order valence-corrected chi connectivity index (χ1v) is 7.25. The third-order valence-electron chi connectivity index (χ3n) is 3.17. The van der Waals surface area contributed by atoms with Crippen LogP contribution in [-0.2, 0) is 11.2 Å². The lowest BCUT2D eigenvalue weighted by Crippen LogP contribution is -2.20. The van der Waals surface area contributed by atoms with Crippen LogP contribution in [0.1, 0.15) is 24.5 Å². The molecule has 0 radical (unpaired) electrons. The molecule has 0 atom stereocenters. The molecule has 2 aromatic rings. The SMILES string of the molecule is CCCc1ccc(NC(=O)COc2ccc(C)cc2)cc1. The van der Waals surface area contributed by atoms with Crippen molar-refractivity contribution in [2.24, 2.45) is 0 Å². The van der Waals surface area contributed by atoms with Crippen LogP contribution in [0.25, 0.3) is 0 Å². The fraction of sp³-hybridized carbons (Fsp3) is 0.278. The molecule has 0 aliphatic carbocycles. The molecule has 0 fully saturated rings. The number of carbonyl (C=O) groups excluding carboxylic acids is 1. The molecular formula is C18H21NO2. The summed E-state index contributed by atoms with van der Waals surface area (Å²) in [4.78, 5) is 11.8. The molecule has 0 aliphatic heterocycles. The van der Waals surface area contributed by atoms with Gasteiger partial charge in [-0.2, -0.15) is 0 Å². The Hall–Kier alpha value is -2.29. The predicted molar refractivity (Wildman–Crippen MR) is 85.7 cm³/mol. The van der Waals surface area contributed by atoms with Crippen LogP contribution in [0.3, 0.4) is 0 Å². The number of ether oxygens (including phenoxy) is 1. The average molecular weight is 283 g/mol. The first-order valence-electron chi connectivity index (χ1n) is 7.25. The first kappa shape index (κ1) is 15.1. The van der Waals surface area contributed by atoms with Crippen molar-refractivity contribution in [3.8, 4) is 5.75 Å². The molecule has 0 aromatic heterocycles. The normalized spacial score (nSPS) is 10.2. The van der Waals surface area contributed by atoms with E-state index in [2.05, 4.69) is 12.2 Å². The smallest absolute Gasteiger partial charge is 0.262 e. The van der Waals surface area contributed by atoms with Crippen molar-refractivity contribution >= 4 is 11.6 Å². The van der Waals surface area contributed by atoms with Crippen molar-refractivity contribution < 1.29 is 9.53 Å². The van der Waals surface area contributed by atoms with E-state index in [9.17, 15) is 4.79 Å². The number of carbonyl (C=O) groups is 1. The molecule has 3 nitrogen and oxygen atoms in total. The molecule has 21 heavy (non-hydrogen) atoms. The molecule has 1 amide bonds. The van der Waals surface area contributed by atoms with E-state index in [1.54, 1.807) is 0 Å². The monoisotopic (exact) mass is 283 g/mol. The van der Waals surface area contributed by atoms with E-state index in [1.807, 2.05) is 55.5 Å². The van der Waals surface area contributed by atoms with Crippen LogP contribution in [0.15, 0.2) is 48.5 Å². The molecule has 110 valence electrons. The summed E-state index contributed by atoms with van der Waals surface area (Å²) in [6.07, 6.45) is 2.18. The quantitative estimate of drug-likeness (QED) is 0.871. The molecule has 0 bridgehead atoms. The van der Waals surface area contributed by atoms with E-state index in [0.29, 0.717) is 5.75 Å². The fourth-order valence-corrected chi connectivity index (χ4v) is 2.02. The van der Waals surface area contributed by atoms with Crippen LogP contribution in [0.5, 0.6) is 5.75 Å². The van der Waals surface area contributed by atoms with E-state index in [1.165, 1.54) is 11.1 Å². The Balaban J connectivity index is 1.82. The van der Waals surface area contributed by atoms with E-state index in [-0.39, 0.29) is 12.5 Å². The Morgan fingerprint density at radius 2 is 1.71 bits per heavy atom. The first-order chi connectivity index (χ1) is 10.2. The molecule has 3 heteroatoms. The summed E-state index contributed by atoms with van der Waals surface area (Å²) in [6, 6.07) is 15.6. The topological polar surface area (TPSA) is 38.3 Å². The average Bonchev–Trinajstić information content (AvgIpc) is 2.49. The maximum absolute atomic E-state index is 11.8. The Morgan fingerprint density at radius 3 is 2.33 bits per heavy atom. The minimum atomic E-state index is -0.154. The molecule has 0 aliphatic rings. The van der Waals surface area contributed by atoms with Crippen molar-refractivity contribution in [3.63, 3.8) is 0 Å². The van der Waals surface area contributed by atoms with Crippen molar-refractivity contribution in [3.05, 3.63) is 59.7 Å². The largest absolute Gasteiger partial charge is 0.484 e. The maximum atomic E-state index is 11.8. The van der Waals surface area contributed by atoms with Gasteiger partial charge in [-0.25, -0.2) is 0 Å². The van der Waals surface area contributed by atoms with Crippen molar-refractivity contribution in [1.82, 2.24) is 0 Å². The van der Waals surface area contributed by atoms with Gasteiger partial charge in [0.25, 0.3) is 5.91 Å². The minimum Gasteiger partial charge on any atom is -0.484 e. The Bertz CT molecular complexity index is 573. The highest BCUT2D eigenvalue weighted by molar-refractivity contribution is 5.91. The van der Waals surface area contributed by atoms with Gasteiger partial charge < -0.3 is 10.1 Å². The van der Waals surface area contributed by atoms with Gasteiger partial charge in [-0.3, -0.25) is 4.79 Å². The highest BCUT2D eigenvalue weighted by Gasteiger charge is 2.03. The van der Waals surface area contributed by atoms with Crippen LogP contribution in [0.4, 0.5) is 5.69 Å². The van der Waals surface area contributed by atoms with Gasteiger partial charge in [-0.15, -0.1) is 0 Å². The number of amides is 1. The van der Waals surface area contributed by atoms with Gasteiger partial charge in [0.2, 0.25) is 0 Å². The van der Waals surface area contributed by atoms with Crippen molar-refractivity contribution in [1.29, 1.82) is 0 Å². The molecule has 2 aromatic carbocycles. The summed E-state index contributed by atoms with van der Waals surface area (Å²) in [5, 5.41) is 2.83. The number of rotatable bonds is 6.